The Bertz CT molecular complexity index is 423. The molecule has 1 N–H and O–H groups in total. The van der Waals surface area contributed by atoms with Crippen molar-refractivity contribution in [2.45, 2.75) is 39.2 Å². The van der Waals surface area contributed by atoms with Gasteiger partial charge in [0.15, 0.2) is 0 Å². The van der Waals surface area contributed by atoms with E-state index in [2.05, 4.69) is 6.92 Å². The van der Waals surface area contributed by atoms with Crippen LogP contribution in [0, 0.1) is 0 Å². The lowest BCUT2D eigenvalue weighted by molar-refractivity contribution is 0.275. The van der Waals surface area contributed by atoms with Gasteiger partial charge in [-0.3, -0.25) is 0 Å². The zero-order valence-electron chi connectivity index (χ0n) is 9.80. The van der Waals surface area contributed by atoms with Crippen molar-refractivity contribution in [3.63, 3.8) is 0 Å². The van der Waals surface area contributed by atoms with Crippen LogP contribution >= 0.6 is 23.2 Å². The molecular weight excluding hydrogens is 258 g/mol. The quantitative estimate of drug-likeness (QED) is 0.675. The van der Waals surface area contributed by atoms with Gasteiger partial charge in [0, 0.05) is 15.5 Å². The lowest BCUT2D eigenvalue weighted by Crippen LogP contribution is -2.30. The molecule has 5 heteroatoms. The monoisotopic (exact) mass is 272 g/mol. The Morgan fingerprint density at radius 1 is 1.41 bits per heavy atom. The van der Waals surface area contributed by atoms with Crippen molar-refractivity contribution in [1.29, 1.82) is 0 Å². The van der Waals surface area contributed by atoms with Crippen LogP contribution in [0.25, 0.3) is 0 Å². The van der Waals surface area contributed by atoms with E-state index in [9.17, 15) is 5.02 Å². The van der Waals surface area contributed by atoms with E-state index in [1.807, 2.05) is 6.07 Å². The van der Waals surface area contributed by atoms with E-state index in [1.165, 1.54) is 0 Å². The molecule has 0 fully saturated rings. The van der Waals surface area contributed by atoms with E-state index >= 15 is 0 Å². The highest BCUT2D eigenvalue weighted by Crippen LogP contribution is 2.29. The smallest absolute Gasteiger partial charge is 0.423 e. The molecule has 92 valence electrons. The SMILES string of the molecule is CCCCCc1c(Cl)cc2c(c1Cl)B(O)OC2. The number of fused-ring (bicyclic) bond motifs is 1. The number of halogens is 2. The number of benzene rings is 1. The number of unbranched alkanes of at least 4 members (excludes halogenated alkanes) is 2. The van der Waals surface area contributed by atoms with E-state index in [4.69, 9.17) is 27.9 Å². The van der Waals surface area contributed by atoms with Gasteiger partial charge in [-0.2, -0.15) is 0 Å². The second kappa shape index (κ2) is 5.62. The van der Waals surface area contributed by atoms with Crippen molar-refractivity contribution in [2.75, 3.05) is 0 Å². The summed E-state index contributed by atoms with van der Waals surface area (Å²) in [5.74, 6) is 0. The molecule has 17 heavy (non-hydrogen) atoms. The van der Waals surface area contributed by atoms with Crippen molar-refractivity contribution >= 4 is 35.8 Å². The first kappa shape index (κ1) is 13.2. The molecule has 2 rings (SSSR count). The minimum atomic E-state index is -0.903. The predicted octanol–water partition coefficient (Wildman–Crippen LogP) is 2.94. The maximum atomic E-state index is 9.70. The normalized spacial score (nSPS) is 14.2. The fraction of sp³-hybridized carbons (Fsp3) is 0.500. The number of hydrogen-bond acceptors (Lipinski definition) is 2. The largest absolute Gasteiger partial charge is 0.493 e. The van der Waals surface area contributed by atoms with Crippen LogP contribution in [0.4, 0.5) is 0 Å². The van der Waals surface area contributed by atoms with E-state index < -0.39 is 7.12 Å². The summed E-state index contributed by atoms with van der Waals surface area (Å²) in [4.78, 5) is 0. The van der Waals surface area contributed by atoms with Gasteiger partial charge in [0.05, 0.1) is 6.61 Å². The lowest BCUT2D eigenvalue weighted by Gasteiger charge is -2.11. The Morgan fingerprint density at radius 2 is 2.18 bits per heavy atom. The molecule has 1 aliphatic heterocycles. The Kier molecular flexibility index (Phi) is 4.37. The predicted molar refractivity (Wildman–Crippen MR) is 72.1 cm³/mol. The maximum absolute atomic E-state index is 9.70. The molecule has 1 aromatic carbocycles. The molecule has 1 aliphatic rings. The summed E-state index contributed by atoms with van der Waals surface area (Å²) in [6, 6.07) is 1.86. The first-order chi connectivity index (χ1) is 8.15. The van der Waals surface area contributed by atoms with Gasteiger partial charge in [0.25, 0.3) is 0 Å². The molecule has 0 atom stereocenters. The molecular formula is C12H15BCl2O2. The zero-order chi connectivity index (χ0) is 12.4. The molecule has 0 bridgehead atoms. The fourth-order valence-electron chi connectivity index (χ4n) is 2.15. The topological polar surface area (TPSA) is 29.5 Å². The van der Waals surface area contributed by atoms with E-state index in [0.29, 0.717) is 22.1 Å². The van der Waals surface area contributed by atoms with Crippen LogP contribution in [0.15, 0.2) is 6.07 Å². The second-order valence-corrected chi connectivity index (χ2v) is 5.13. The highest BCUT2D eigenvalue weighted by molar-refractivity contribution is 6.65. The van der Waals surface area contributed by atoms with Gasteiger partial charge in [-0.1, -0.05) is 43.0 Å². The minimum Gasteiger partial charge on any atom is -0.423 e. The van der Waals surface area contributed by atoms with Gasteiger partial charge in [-0.15, -0.1) is 0 Å². The Hall–Kier alpha value is -0.215. The molecule has 0 aliphatic carbocycles. The van der Waals surface area contributed by atoms with E-state index in [0.717, 1.165) is 36.8 Å². The number of hydrogen-bond donors (Lipinski definition) is 1. The van der Waals surface area contributed by atoms with Gasteiger partial charge >= 0.3 is 7.12 Å². The third-order valence-electron chi connectivity index (χ3n) is 3.11. The lowest BCUT2D eigenvalue weighted by atomic mass is 9.78. The van der Waals surface area contributed by atoms with Crippen LogP contribution in [0.2, 0.25) is 10.0 Å². The van der Waals surface area contributed by atoms with Crippen LogP contribution in [-0.2, 0) is 17.7 Å². The van der Waals surface area contributed by atoms with Crippen molar-refractivity contribution < 1.29 is 9.68 Å². The summed E-state index contributed by atoms with van der Waals surface area (Å²) in [6.45, 7) is 2.54. The zero-order valence-corrected chi connectivity index (χ0v) is 11.3. The van der Waals surface area contributed by atoms with Crippen LogP contribution < -0.4 is 5.46 Å². The van der Waals surface area contributed by atoms with Gasteiger partial charge < -0.3 is 9.68 Å². The molecule has 0 saturated heterocycles. The van der Waals surface area contributed by atoms with Crippen LogP contribution in [0.5, 0.6) is 0 Å². The average molecular weight is 273 g/mol. The van der Waals surface area contributed by atoms with Crippen molar-refractivity contribution in [3.05, 3.63) is 27.2 Å². The van der Waals surface area contributed by atoms with Gasteiger partial charge in [0.2, 0.25) is 0 Å². The van der Waals surface area contributed by atoms with Gasteiger partial charge in [0.1, 0.15) is 0 Å². The average Bonchev–Trinajstić information content (AvgIpc) is 2.65. The molecule has 0 saturated carbocycles. The molecule has 0 amide bonds. The molecule has 1 aromatic rings. The summed E-state index contributed by atoms with van der Waals surface area (Å²) in [7, 11) is -0.903. The first-order valence-corrected chi connectivity index (χ1v) is 6.70. The van der Waals surface area contributed by atoms with Crippen molar-refractivity contribution in [1.82, 2.24) is 0 Å². The van der Waals surface area contributed by atoms with Gasteiger partial charge in [-0.05, 0) is 30.0 Å². The standard InChI is InChI=1S/C12H15BCl2O2/c1-2-3-4-5-9-10(14)6-8-7-17-13(16)11(8)12(9)15/h6,16H,2-5,7H2,1H3. The summed E-state index contributed by atoms with van der Waals surface area (Å²) < 4.78 is 5.15. The summed E-state index contributed by atoms with van der Waals surface area (Å²) in [5, 5.41) is 11.0. The number of rotatable bonds is 4. The minimum absolute atomic E-state index is 0.380. The fourth-order valence-corrected chi connectivity index (χ4v) is 2.93. The molecule has 2 nitrogen and oxygen atoms in total. The third kappa shape index (κ3) is 2.63. The molecule has 0 radical (unpaired) electrons. The molecule has 0 unspecified atom stereocenters. The highest BCUT2D eigenvalue weighted by Gasteiger charge is 2.32. The summed E-state index contributed by atoms with van der Waals surface area (Å²) in [5.41, 5.74) is 2.53. The Balaban J connectivity index is 2.30. The third-order valence-corrected chi connectivity index (χ3v) is 3.88. The van der Waals surface area contributed by atoms with Gasteiger partial charge in [-0.25, -0.2) is 0 Å². The highest BCUT2D eigenvalue weighted by atomic mass is 35.5. The first-order valence-electron chi connectivity index (χ1n) is 5.94. The Labute approximate surface area is 112 Å². The van der Waals surface area contributed by atoms with Crippen molar-refractivity contribution in [3.8, 4) is 0 Å². The van der Waals surface area contributed by atoms with Crippen LogP contribution in [0.3, 0.4) is 0 Å². The summed E-state index contributed by atoms with van der Waals surface area (Å²) in [6.07, 6.45) is 4.23. The van der Waals surface area contributed by atoms with E-state index in [1.54, 1.807) is 0 Å². The molecule has 0 aromatic heterocycles. The van der Waals surface area contributed by atoms with E-state index in [-0.39, 0.29) is 0 Å². The molecule has 0 spiro atoms. The second-order valence-electron chi connectivity index (χ2n) is 4.34. The van der Waals surface area contributed by atoms with Crippen molar-refractivity contribution in [2.24, 2.45) is 0 Å². The van der Waals surface area contributed by atoms with Crippen LogP contribution in [0.1, 0.15) is 37.3 Å². The maximum Gasteiger partial charge on any atom is 0.493 e. The Morgan fingerprint density at radius 3 is 2.88 bits per heavy atom. The molecule has 1 heterocycles. The van der Waals surface area contributed by atoms with Crippen LogP contribution in [-0.4, -0.2) is 12.1 Å². The summed E-state index contributed by atoms with van der Waals surface area (Å²) >= 11 is 12.5.